The van der Waals surface area contributed by atoms with Crippen molar-refractivity contribution in [2.75, 3.05) is 6.26 Å². The Labute approximate surface area is 86.9 Å². The van der Waals surface area contributed by atoms with E-state index in [0.717, 1.165) is 12.4 Å². The lowest BCUT2D eigenvalue weighted by Gasteiger charge is -2.13. The van der Waals surface area contributed by atoms with Gasteiger partial charge in [0, 0.05) is 11.3 Å². The normalized spacial score (nSPS) is 18.9. The van der Waals surface area contributed by atoms with Gasteiger partial charge in [0.15, 0.2) is 0 Å². The van der Waals surface area contributed by atoms with Crippen LogP contribution in [0.3, 0.4) is 0 Å². The predicted molar refractivity (Wildman–Crippen MR) is 55.1 cm³/mol. The van der Waals surface area contributed by atoms with Crippen LogP contribution in [0.25, 0.3) is 0 Å². The van der Waals surface area contributed by atoms with Crippen molar-refractivity contribution in [3.63, 3.8) is 0 Å². The summed E-state index contributed by atoms with van der Waals surface area (Å²) in [7, 11) is 0. The molecule has 1 aliphatic carbocycles. The average Bonchev–Trinajstić information content (AvgIpc) is 2.78. The van der Waals surface area contributed by atoms with Gasteiger partial charge in [0.1, 0.15) is 12.2 Å². The highest BCUT2D eigenvalue weighted by Gasteiger charge is 2.42. The van der Waals surface area contributed by atoms with Crippen LogP contribution in [0.1, 0.15) is 18.7 Å². The van der Waals surface area contributed by atoms with E-state index in [1.807, 2.05) is 11.8 Å². The lowest BCUT2D eigenvalue weighted by Crippen LogP contribution is -2.14. The van der Waals surface area contributed by atoms with Gasteiger partial charge < -0.3 is 4.57 Å². The average molecular weight is 218 g/mol. The van der Waals surface area contributed by atoms with E-state index in [2.05, 4.69) is 21.0 Å². The molecule has 0 saturated heterocycles. The molecule has 1 fully saturated rings. The molecule has 0 aromatic carbocycles. The second-order valence-electron chi connectivity index (χ2n) is 3.40. The highest BCUT2D eigenvalue weighted by atomic mass is 35.5. The first-order valence-electron chi connectivity index (χ1n) is 4.27. The van der Waals surface area contributed by atoms with E-state index in [0.29, 0.717) is 10.6 Å². The SMILES string of the molecule is CSC1(Cn2cnnc2CCl)CC1. The highest BCUT2D eigenvalue weighted by molar-refractivity contribution is 8.00. The third-order valence-corrected chi connectivity index (χ3v) is 4.16. The number of thioether (sulfide) groups is 1. The molecule has 0 unspecified atom stereocenters. The third-order valence-electron chi connectivity index (χ3n) is 2.51. The Morgan fingerprint density at radius 3 is 3.00 bits per heavy atom. The van der Waals surface area contributed by atoms with Gasteiger partial charge in [-0.1, -0.05) is 0 Å². The van der Waals surface area contributed by atoms with Gasteiger partial charge in [0.25, 0.3) is 0 Å². The summed E-state index contributed by atoms with van der Waals surface area (Å²) in [5.74, 6) is 1.33. The molecule has 0 aliphatic heterocycles. The summed E-state index contributed by atoms with van der Waals surface area (Å²) < 4.78 is 2.51. The number of hydrogen-bond acceptors (Lipinski definition) is 3. The molecule has 3 nitrogen and oxygen atoms in total. The van der Waals surface area contributed by atoms with Gasteiger partial charge >= 0.3 is 0 Å². The van der Waals surface area contributed by atoms with Gasteiger partial charge in [-0.2, -0.15) is 11.8 Å². The first-order chi connectivity index (χ1) is 6.29. The number of halogens is 1. The first kappa shape index (κ1) is 9.34. The van der Waals surface area contributed by atoms with Crippen LogP contribution in [0, 0.1) is 0 Å². The maximum atomic E-state index is 5.74. The Balaban J connectivity index is 2.09. The smallest absolute Gasteiger partial charge is 0.147 e. The number of hydrogen-bond donors (Lipinski definition) is 0. The van der Waals surface area contributed by atoms with Crippen LogP contribution in [0.4, 0.5) is 0 Å². The van der Waals surface area contributed by atoms with Gasteiger partial charge in [-0.15, -0.1) is 21.8 Å². The zero-order valence-electron chi connectivity index (χ0n) is 7.53. The van der Waals surface area contributed by atoms with Crippen molar-refractivity contribution in [1.82, 2.24) is 14.8 Å². The topological polar surface area (TPSA) is 30.7 Å². The quantitative estimate of drug-likeness (QED) is 0.722. The van der Waals surface area contributed by atoms with E-state index in [1.54, 1.807) is 6.33 Å². The molecular formula is C8H12ClN3S. The zero-order chi connectivity index (χ0) is 9.31. The van der Waals surface area contributed by atoms with Crippen molar-refractivity contribution in [2.24, 2.45) is 0 Å². The van der Waals surface area contributed by atoms with Crippen molar-refractivity contribution < 1.29 is 0 Å². The summed E-state index contributed by atoms with van der Waals surface area (Å²) in [6, 6.07) is 0. The van der Waals surface area contributed by atoms with Crippen LogP contribution < -0.4 is 0 Å². The molecular weight excluding hydrogens is 206 g/mol. The Hall–Kier alpha value is -0.220. The van der Waals surface area contributed by atoms with Crippen molar-refractivity contribution in [3.05, 3.63) is 12.2 Å². The van der Waals surface area contributed by atoms with Crippen molar-refractivity contribution in [3.8, 4) is 0 Å². The van der Waals surface area contributed by atoms with Crippen molar-refractivity contribution in [2.45, 2.75) is 30.0 Å². The summed E-state index contributed by atoms with van der Waals surface area (Å²) in [6.45, 7) is 1.00. The molecule has 5 heteroatoms. The van der Waals surface area contributed by atoms with E-state index in [-0.39, 0.29) is 0 Å². The number of aromatic nitrogens is 3. The number of alkyl halides is 1. The first-order valence-corrected chi connectivity index (χ1v) is 6.03. The second-order valence-corrected chi connectivity index (χ2v) is 4.94. The maximum absolute atomic E-state index is 5.74. The molecule has 1 aromatic heterocycles. The molecule has 0 atom stereocenters. The molecule has 72 valence electrons. The van der Waals surface area contributed by atoms with Crippen LogP contribution in [0.2, 0.25) is 0 Å². The van der Waals surface area contributed by atoms with Crippen molar-refractivity contribution in [1.29, 1.82) is 0 Å². The molecule has 0 radical (unpaired) electrons. The van der Waals surface area contributed by atoms with Crippen LogP contribution in [0.15, 0.2) is 6.33 Å². The molecule has 2 rings (SSSR count). The number of nitrogens with zero attached hydrogens (tertiary/aromatic N) is 3. The molecule has 1 saturated carbocycles. The predicted octanol–water partition coefficient (Wildman–Crippen LogP) is 1.91. The van der Waals surface area contributed by atoms with Gasteiger partial charge in [-0.05, 0) is 19.1 Å². The van der Waals surface area contributed by atoms with Gasteiger partial charge in [-0.25, -0.2) is 0 Å². The molecule has 13 heavy (non-hydrogen) atoms. The summed E-state index contributed by atoms with van der Waals surface area (Å²) >= 11 is 7.67. The van der Waals surface area contributed by atoms with Gasteiger partial charge in [0.2, 0.25) is 0 Å². The molecule has 1 heterocycles. The molecule has 0 spiro atoms. The minimum absolute atomic E-state index is 0.448. The largest absolute Gasteiger partial charge is 0.315 e. The fourth-order valence-electron chi connectivity index (χ4n) is 1.39. The van der Waals surface area contributed by atoms with E-state index in [4.69, 9.17) is 11.6 Å². The summed E-state index contributed by atoms with van der Waals surface area (Å²) in [4.78, 5) is 0. The minimum atomic E-state index is 0.448. The highest BCUT2D eigenvalue weighted by Crippen LogP contribution is 2.48. The van der Waals surface area contributed by atoms with E-state index < -0.39 is 0 Å². The van der Waals surface area contributed by atoms with Gasteiger partial charge in [0.05, 0.1) is 5.88 Å². The summed E-state index contributed by atoms with van der Waals surface area (Å²) in [5.41, 5.74) is 0. The lowest BCUT2D eigenvalue weighted by molar-refractivity contribution is 0.637. The maximum Gasteiger partial charge on any atom is 0.147 e. The van der Waals surface area contributed by atoms with E-state index in [9.17, 15) is 0 Å². The number of rotatable bonds is 4. The van der Waals surface area contributed by atoms with E-state index >= 15 is 0 Å². The fraction of sp³-hybridized carbons (Fsp3) is 0.750. The zero-order valence-corrected chi connectivity index (χ0v) is 9.11. The van der Waals surface area contributed by atoms with Gasteiger partial charge in [-0.3, -0.25) is 0 Å². The fourth-order valence-corrected chi connectivity index (χ4v) is 2.38. The molecule has 1 aromatic rings. The molecule has 1 aliphatic rings. The standard InChI is InChI=1S/C8H12ClN3S/c1-13-8(2-3-8)5-12-6-10-11-7(12)4-9/h6H,2-5H2,1H3. The van der Waals surface area contributed by atoms with Crippen LogP contribution >= 0.6 is 23.4 Å². The molecule has 0 N–H and O–H groups in total. The molecule has 0 bridgehead atoms. The van der Waals surface area contributed by atoms with Crippen LogP contribution in [0.5, 0.6) is 0 Å². The van der Waals surface area contributed by atoms with E-state index in [1.165, 1.54) is 12.8 Å². The minimum Gasteiger partial charge on any atom is -0.315 e. The monoisotopic (exact) mass is 217 g/mol. The molecule has 0 amide bonds. The van der Waals surface area contributed by atoms with Crippen LogP contribution in [-0.2, 0) is 12.4 Å². The Bertz CT molecular complexity index is 295. The van der Waals surface area contributed by atoms with Crippen molar-refractivity contribution >= 4 is 23.4 Å². The van der Waals surface area contributed by atoms with Crippen LogP contribution in [-0.4, -0.2) is 25.8 Å². The second kappa shape index (κ2) is 3.50. The Kier molecular flexibility index (Phi) is 2.51. The Morgan fingerprint density at radius 1 is 1.69 bits per heavy atom. The summed E-state index contributed by atoms with van der Waals surface area (Å²) in [5, 5.41) is 7.81. The lowest BCUT2D eigenvalue weighted by atomic mass is 10.4. The summed E-state index contributed by atoms with van der Waals surface area (Å²) in [6.07, 6.45) is 6.54. The Morgan fingerprint density at radius 2 is 2.46 bits per heavy atom. The third kappa shape index (κ3) is 1.83.